The number of hydrogen-bond donors (Lipinski definition) is 4. The van der Waals surface area contributed by atoms with Gasteiger partial charge >= 0.3 is 0 Å². The molecular formula is C19H15BrN4O5S. The minimum Gasteiger partial charge on any atom is -0.328 e. The number of H-pyrrole nitrogens is 1. The molecule has 2 aromatic carbocycles. The molecule has 0 saturated heterocycles. The van der Waals surface area contributed by atoms with Crippen LogP contribution in [0.25, 0.3) is 0 Å². The van der Waals surface area contributed by atoms with E-state index in [4.69, 9.17) is 0 Å². The number of nitrogens with one attached hydrogen (secondary N) is 4. The van der Waals surface area contributed by atoms with Crippen molar-refractivity contribution in [2.24, 2.45) is 0 Å². The van der Waals surface area contributed by atoms with Crippen LogP contribution >= 0.6 is 15.9 Å². The van der Waals surface area contributed by atoms with E-state index in [9.17, 15) is 22.8 Å². The second kappa shape index (κ2) is 8.93. The predicted octanol–water partition coefficient (Wildman–Crippen LogP) is 2.01. The number of pyridine rings is 1. The lowest BCUT2D eigenvalue weighted by atomic mass is 10.2. The summed E-state index contributed by atoms with van der Waals surface area (Å²) in [5.41, 5.74) is 4.01. The molecule has 0 spiro atoms. The minimum atomic E-state index is -3.78. The number of halogens is 1. The molecule has 3 rings (SSSR count). The van der Waals surface area contributed by atoms with Crippen molar-refractivity contribution < 1.29 is 18.0 Å². The van der Waals surface area contributed by atoms with Crippen LogP contribution in [0.4, 0.5) is 5.69 Å². The molecule has 30 heavy (non-hydrogen) atoms. The highest BCUT2D eigenvalue weighted by Crippen LogP contribution is 2.19. The van der Waals surface area contributed by atoms with E-state index < -0.39 is 27.4 Å². The normalized spacial score (nSPS) is 10.8. The molecule has 2 amide bonds. The van der Waals surface area contributed by atoms with Gasteiger partial charge in [-0.25, -0.2) is 8.42 Å². The Balaban J connectivity index is 1.63. The fourth-order valence-corrected chi connectivity index (χ4v) is 3.69. The largest absolute Gasteiger partial charge is 0.328 e. The van der Waals surface area contributed by atoms with Gasteiger partial charge in [0.2, 0.25) is 0 Å². The first-order chi connectivity index (χ1) is 14.3. The van der Waals surface area contributed by atoms with Gasteiger partial charge in [-0.05, 0) is 60.7 Å². The minimum absolute atomic E-state index is 0.0890. The van der Waals surface area contributed by atoms with Crippen molar-refractivity contribution in [3.8, 4) is 0 Å². The molecule has 0 aliphatic rings. The molecule has 11 heteroatoms. The number of amides is 2. The summed E-state index contributed by atoms with van der Waals surface area (Å²) >= 11 is 3.24. The van der Waals surface area contributed by atoms with Crippen molar-refractivity contribution in [2.75, 3.05) is 4.72 Å². The summed E-state index contributed by atoms with van der Waals surface area (Å²) < 4.78 is 27.9. The van der Waals surface area contributed by atoms with Gasteiger partial charge in [-0.15, -0.1) is 0 Å². The van der Waals surface area contributed by atoms with Gasteiger partial charge < -0.3 is 4.98 Å². The molecule has 0 aliphatic heterocycles. The van der Waals surface area contributed by atoms with Gasteiger partial charge in [-0.1, -0.05) is 15.9 Å². The molecule has 0 fully saturated rings. The van der Waals surface area contributed by atoms with Crippen LogP contribution in [0.1, 0.15) is 20.7 Å². The molecule has 4 N–H and O–H groups in total. The zero-order valence-electron chi connectivity index (χ0n) is 15.2. The Morgan fingerprint density at radius 1 is 0.867 bits per heavy atom. The van der Waals surface area contributed by atoms with Crippen molar-refractivity contribution >= 4 is 43.5 Å². The van der Waals surface area contributed by atoms with Crippen molar-refractivity contribution in [1.82, 2.24) is 15.8 Å². The van der Waals surface area contributed by atoms with Crippen LogP contribution in [0.2, 0.25) is 0 Å². The van der Waals surface area contributed by atoms with E-state index in [0.717, 1.165) is 4.47 Å². The van der Waals surface area contributed by atoms with Gasteiger partial charge in [0, 0.05) is 21.9 Å². The number of aromatic nitrogens is 1. The molecule has 1 aromatic heterocycles. The average Bonchev–Trinajstić information content (AvgIpc) is 2.72. The number of carbonyl (C=O) groups excluding carboxylic acids is 2. The Bertz CT molecular complexity index is 1240. The van der Waals surface area contributed by atoms with Crippen molar-refractivity contribution in [2.45, 2.75) is 4.90 Å². The van der Waals surface area contributed by atoms with E-state index >= 15 is 0 Å². The van der Waals surface area contributed by atoms with Crippen molar-refractivity contribution in [3.63, 3.8) is 0 Å². The van der Waals surface area contributed by atoms with Gasteiger partial charge in [0.25, 0.3) is 27.4 Å². The van der Waals surface area contributed by atoms with Gasteiger partial charge in [0.05, 0.1) is 4.90 Å². The third kappa shape index (κ3) is 5.13. The predicted molar refractivity (Wildman–Crippen MR) is 113 cm³/mol. The van der Waals surface area contributed by atoms with Crippen LogP contribution in [-0.2, 0) is 10.0 Å². The quantitative estimate of drug-likeness (QED) is 0.405. The van der Waals surface area contributed by atoms with Crippen LogP contribution in [0, 0.1) is 0 Å². The van der Waals surface area contributed by atoms with Gasteiger partial charge in [-0.3, -0.25) is 30.0 Å². The summed E-state index contributed by atoms with van der Waals surface area (Å²) in [4.78, 5) is 38.1. The topological polar surface area (TPSA) is 137 Å². The van der Waals surface area contributed by atoms with Crippen LogP contribution in [-0.4, -0.2) is 25.2 Å². The maximum Gasteiger partial charge on any atom is 0.275 e. The summed E-state index contributed by atoms with van der Waals surface area (Å²) in [5, 5.41) is 0. The standard InChI is InChI=1S/C19H15BrN4O5S/c20-13-5-9-15(10-6-13)30(28,29)24-14-7-3-12(4-8-14)17(25)22-23-19(27)16-2-1-11-21-18(16)26/h1-11,24H,(H,21,26)(H,22,25)(H,23,27). The summed E-state index contributed by atoms with van der Waals surface area (Å²) in [6.07, 6.45) is 1.38. The van der Waals surface area contributed by atoms with Gasteiger partial charge in [0.1, 0.15) is 5.56 Å². The molecule has 0 bridgehead atoms. The molecule has 0 aliphatic carbocycles. The van der Waals surface area contributed by atoms with E-state index in [1.54, 1.807) is 12.1 Å². The van der Waals surface area contributed by atoms with Crippen LogP contribution in [0.5, 0.6) is 0 Å². The fraction of sp³-hybridized carbons (Fsp3) is 0. The highest BCUT2D eigenvalue weighted by Gasteiger charge is 2.15. The SMILES string of the molecule is O=C(NNC(=O)c1ccc[nH]c1=O)c1ccc(NS(=O)(=O)c2ccc(Br)cc2)cc1. The molecular weight excluding hydrogens is 476 g/mol. The van der Waals surface area contributed by atoms with E-state index in [1.807, 2.05) is 0 Å². The zero-order valence-corrected chi connectivity index (χ0v) is 17.6. The van der Waals surface area contributed by atoms with Gasteiger partial charge in [-0.2, -0.15) is 0 Å². The molecule has 0 saturated carbocycles. The first-order valence-electron chi connectivity index (χ1n) is 8.43. The summed E-state index contributed by atoms with van der Waals surface area (Å²) in [6, 6.07) is 14.5. The molecule has 3 aromatic rings. The number of hydrazine groups is 1. The second-order valence-corrected chi connectivity index (χ2v) is 8.56. The highest BCUT2D eigenvalue weighted by molar-refractivity contribution is 9.10. The molecule has 0 atom stereocenters. The molecule has 0 radical (unpaired) electrons. The fourth-order valence-electron chi connectivity index (χ4n) is 2.37. The van der Waals surface area contributed by atoms with E-state index in [0.29, 0.717) is 0 Å². The van der Waals surface area contributed by atoms with Crippen molar-refractivity contribution in [1.29, 1.82) is 0 Å². The lowest BCUT2D eigenvalue weighted by Gasteiger charge is -2.10. The van der Waals surface area contributed by atoms with E-state index in [-0.39, 0.29) is 21.7 Å². The van der Waals surface area contributed by atoms with Crippen LogP contribution in [0.3, 0.4) is 0 Å². The van der Waals surface area contributed by atoms with Crippen molar-refractivity contribution in [3.05, 3.63) is 92.8 Å². The Morgan fingerprint density at radius 2 is 1.50 bits per heavy atom. The first kappa shape index (κ1) is 21.3. The third-order valence-corrected chi connectivity index (χ3v) is 5.80. The third-order valence-electron chi connectivity index (χ3n) is 3.88. The second-order valence-electron chi connectivity index (χ2n) is 5.96. The molecule has 0 unspecified atom stereocenters. The van der Waals surface area contributed by atoms with Gasteiger partial charge in [0.15, 0.2) is 0 Å². The maximum atomic E-state index is 12.4. The molecule has 154 valence electrons. The number of carbonyl (C=O) groups is 2. The number of aromatic amines is 1. The maximum absolute atomic E-state index is 12.4. The number of benzene rings is 2. The summed E-state index contributed by atoms with van der Waals surface area (Å²) in [7, 11) is -3.78. The van der Waals surface area contributed by atoms with E-state index in [2.05, 4.69) is 36.5 Å². The molecule has 1 heterocycles. The molecule has 9 nitrogen and oxygen atoms in total. The van der Waals surface area contributed by atoms with Crippen LogP contribution in [0.15, 0.2) is 81.0 Å². The Morgan fingerprint density at radius 3 is 2.13 bits per heavy atom. The monoisotopic (exact) mass is 490 g/mol. The lowest BCUT2D eigenvalue weighted by Crippen LogP contribution is -2.43. The smallest absolute Gasteiger partial charge is 0.275 e. The van der Waals surface area contributed by atoms with E-state index in [1.165, 1.54) is 54.7 Å². The number of rotatable bonds is 5. The van der Waals surface area contributed by atoms with Crippen LogP contribution < -0.4 is 21.1 Å². The lowest BCUT2D eigenvalue weighted by molar-refractivity contribution is 0.0846. The average molecular weight is 491 g/mol. The number of hydrogen-bond acceptors (Lipinski definition) is 5. The highest BCUT2D eigenvalue weighted by atomic mass is 79.9. The Hall–Kier alpha value is -3.44. The number of anilines is 1. The first-order valence-corrected chi connectivity index (χ1v) is 10.7. The Kier molecular flexibility index (Phi) is 6.33. The number of sulfonamides is 1. The zero-order chi connectivity index (χ0) is 21.7. The summed E-state index contributed by atoms with van der Waals surface area (Å²) in [5.74, 6) is -1.41. The Labute approximate surface area is 179 Å². The summed E-state index contributed by atoms with van der Waals surface area (Å²) in [6.45, 7) is 0.